The Morgan fingerprint density at radius 3 is 2.29 bits per heavy atom. The van der Waals surface area contributed by atoms with Crippen molar-refractivity contribution in [3.63, 3.8) is 0 Å². The van der Waals surface area contributed by atoms with Crippen LogP contribution in [0.15, 0.2) is 12.7 Å². The first-order valence-corrected chi connectivity index (χ1v) is 5.17. The summed E-state index contributed by atoms with van der Waals surface area (Å²) in [6.45, 7) is 6.19. The van der Waals surface area contributed by atoms with Crippen molar-refractivity contribution in [3.8, 4) is 0 Å². The maximum atomic E-state index is 10.8. The zero-order valence-electron chi connectivity index (χ0n) is 7.57. The Balaban J connectivity index is 0. The van der Waals surface area contributed by atoms with E-state index in [1.165, 1.54) is 13.8 Å². The van der Waals surface area contributed by atoms with Crippen LogP contribution in [0, 0.1) is 0 Å². The number of hydrogen-bond donors (Lipinski definition) is 2. The summed E-state index contributed by atoms with van der Waals surface area (Å²) in [5.74, 6) is -1.01. The van der Waals surface area contributed by atoms with E-state index in [1.807, 2.05) is 0 Å². The molecule has 0 unspecified atom stereocenters. The van der Waals surface area contributed by atoms with Crippen LogP contribution in [-0.2, 0) is 14.9 Å². The molecule has 0 aromatic heterocycles. The van der Waals surface area contributed by atoms with Gasteiger partial charge in [-0.3, -0.25) is 9.35 Å². The summed E-state index contributed by atoms with van der Waals surface area (Å²) in [7, 11) is -4.08. The zero-order chi connectivity index (χ0) is 10.7. The number of rotatable bonds is 4. The first kappa shape index (κ1) is 16.3. The molecule has 0 aromatic rings. The molecule has 2 N–H and O–H groups in total. The van der Waals surface area contributed by atoms with Crippen molar-refractivity contribution in [2.45, 2.75) is 19.4 Å². The molecule has 80 valence electrons. The SMILES string of the molecule is C=CC(=O)NC(C)(C)CS(=O)(=O)O.[MgH2]. The number of amides is 1. The summed E-state index contributed by atoms with van der Waals surface area (Å²) in [5, 5.41) is 2.37. The van der Waals surface area contributed by atoms with Gasteiger partial charge in [-0.05, 0) is 19.9 Å². The van der Waals surface area contributed by atoms with Crippen LogP contribution in [-0.4, -0.2) is 53.2 Å². The number of nitrogens with one attached hydrogen (secondary N) is 1. The van der Waals surface area contributed by atoms with E-state index in [9.17, 15) is 13.2 Å². The second-order valence-electron chi connectivity index (χ2n) is 3.30. The van der Waals surface area contributed by atoms with E-state index in [2.05, 4.69) is 11.9 Å². The maximum absolute atomic E-state index is 10.8. The minimum atomic E-state index is -4.08. The van der Waals surface area contributed by atoms with Crippen LogP contribution >= 0.6 is 0 Å². The number of carbonyl (C=O) groups excluding carboxylic acids is 1. The van der Waals surface area contributed by atoms with Crippen LogP contribution in [0.25, 0.3) is 0 Å². The normalized spacial score (nSPS) is 11.4. The monoisotopic (exact) mass is 233 g/mol. The van der Waals surface area contributed by atoms with Crippen molar-refractivity contribution < 1.29 is 17.8 Å². The molecule has 0 aliphatic carbocycles. The maximum Gasteiger partial charge on any atom is 0.316 e. The molecule has 14 heavy (non-hydrogen) atoms. The van der Waals surface area contributed by atoms with Crippen LogP contribution in [0.1, 0.15) is 13.8 Å². The Morgan fingerprint density at radius 2 is 2.00 bits per heavy atom. The third-order valence-corrected chi connectivity index (χ3v) is 2.28. The van der Waals surface area contributed by atoms with Crippen LogP contribution in [0.2, 0.25) is 0 Å². The number of hydrogen-bond acceptors (Lipinski definition) is 3. The molecule has 0 saturated heterocycles. The van der Waals surface area contributed by atoms with Crippen molar-refractivity contribution in [2.24, 2.45) is 0 Å². The van der Waals surface area contributed by atoms with Gasteiger partial charge in [-0.25, -0.2) is 0 Å². The molecule has 0 radical (unpaired) electrons. The fourth-order valence-corrected chi connectivity index (χ4v) is 1.86. The van der Waals surface area contributed by atoms with Gasteiger partial charge in [0.2, 0.25) is 5.91 Å². The molecule has 5 nitrogen and oxygen atoms in total. The summed E-state index contributed by atoms with van der Waals surface area (Å²) in [5.41, 5.74) is -1.00. The van der Waals surface area contributed by atoms with E-state index in [0.29, 0.717) is 0 Å². The second-order valence-corrected chi connectivity index (χ2v) is 4.76. The lowest BCUT2D eigenvalue weighted by atomic mass is 10.1. The Morgan fingerprint density at radius 1 is 1.57 bits per heavy atom. The summed E-state index contributed by atoms with van der Waals surface area (Å²) >= 11 is 0. The van der Waals surface area contributed by atoms with Crippen molar-refractivity contribution in [2.75, 3.05) is 5.75 Å². The molecule has 0 rings (SSSR count). The molecule has 1 amide bonds. The zero-order valence-corrected chi connectivity index (χ0v) is 8.39. The average Bonchev–Trinajstić information content (AvgIpc) is 1.80. The van der Waals surface area contributed by atoms with Crippen molar-refractivity contribution >= 4 is 39.1 Å². The Hall–Kier alpha value is -0.114. The summed E-state index contributed by atoms with van der Waals surface area (Å²) in [4.78, 5) is 10.8. The smallest absolute Gasteiger partial charge is 0.316 e. The third kappa shape index (κ3) is 8.48. The summed E-state index contributed by atoms with van der Waals surface area (Å²) in [6, 6.07) is 0. The van der Waals surface area contributed by atoms with Gasteiger partial charge in [0.15, 0.2) is 0 Å². The largest absolute Gasteiger partial charge is 0.347 e. The van der Waals surface area contributed by atoms with Gasteiger partial charge in [0.05, 0.1) is 11.3 Å². The highest BCUT2D eigenvalue weighted by Gasteiger charge is 2.25. The molecular weight excluding hydrogens is 218 g/mol. The van der Waals surface area contributed by atoms with E-state index < -0.39 is 27.3 Å². The second kappa shape index (κ2) is 5.69. The van der Waals surface area contributed by atoms with E-state index in [-0.39, 0.29) is 23.1 Å². The van der Waals surface area contributed by atoms with Gasteiger partial charge >= 0.3 is 23.1 Å². The van der Waals surface area contributed by atoms with E-state index in [1.54, 1.807) is 0 Å². The molecule has 0 spiro atoms. The standard InChI is InChI=1S/C7H13NO4S.Mg.2H/c1-4-6(9)8-7(2,3)5-13(10,11)12;;;/h4H,1,5H2,2-3H3,(H,8,9)(H,10,11,12);;;. The molecule has 0 saturated carbocycles. The minimum Gasteiger partial charge on any atom is -0.347 e. The van der Waals surface area contributed by atoms with Gasteiger partial charge in [0.1, 0.15) is 0 Å². The predicted octanol–water partition coefficient (Wildman–Crippen LogP) is -0.961. The average molecular weight is 234 g/mol. The van der Waals surface area contributed by atoms with Gasteiger partial charge in [-0.1, -0.05) is 6.58 Å². The predicted molar refractivity (Wildman–Crippen MR) is 57.4 cm³/mol. The van der Waals surface area contributed by atoms with Gasteiger partial charge in [-0.15, -0.1) is 0 Å². The summed E-state index contributed by atoms with van der Waals surface area (Å²) < 4.78 is 29.5. The Kier molecular flexibility index (Phi) is 6.63. The summed E-state index contributed by atoms with van der Waals surface area (Å²) in [6.07, 6.45) is 1.03. The fourth-order valence-electron chi connectivity index (χ4n) is 0.877. The first-order chi connectivity index (χ1) is 5.66. The Labute approximate surface area is 99.8 Å². The highest BCUT2D eigenvalue weighted by molar-refractivity contribution is 7.85. The van der Waals surface area contributed by atoms with Crippen molar-refractivity contribution in [3.05, 3.63) is 12.7 Å². The highest BCUT2D eigenvalue weighted by Crippen LogP contribution is 2.05. The number of carbonyl (C=O) groups is 1. The molecule has 0 fully saturated rings. The molecule has 0 atom stereocenters. The molecule has 0 aliphatic rings. The lowest BCUT2D eigenvalue weighted by Crippen LogP contribution is -2.47. The molecule has 0 bridgehead atoms. The third-order valence-electron chi connectivity index (χ3n) is 1.19. The highest BCUT2D eigenvalue weighted by atomic mass is 32.2. The van der Waals surface area contributed by atoms with E-state index >= 15 is 0 Å². The molecule has 0 heterocycles. The van der Waals surface area contributed by atoms with Crippen LogP contribution < -0.4 is 5.32 Å². The molecule has 0 aliphatic heterocycles. The van der Waals surface area contributed by atoms with Gasteiger partial charge < -0.3 is 5.32 Å². The molecule has 7 heteroatoms. The lowest BCUT2D eigenvalue weighted by Gasteiger charge is -2.23. The molecular formula is C7H15MgNO4S. The van der Waals surface area contributed by atoms with Gasteiger partial charge in [-0.2, -0.15) is 8.42 Å². The fraction of sp³-hybridized carbons (Fsp3) is 0.571. The first-order valence-electron chi connectivity index (χ1n) is 3.56. The lowest BCUT2D eigenvalue weighted by molar-refractivity contribution is -0.117. The van der Waals surface area contributed by atoms with Crippen LogP contribution in [0.5, 0.6) is 0 Å². The quantitative estimate of drug-likeness (QED) is 0.372. The molecule has 0 aromatic carbocycles. The van der Waals surface area contributed by atoms with E-state index in [4.69, 9.17) is 4.55 Å². The topological polar surface area (TPSA) is 83.5 Å². The van der Waals surface area contributed by atoms with Gasteiger partial charge in [0, 0.05) is 0 Å². The van der Waals surface area contributed by atoms with Crippen LogP contribution in [0.4, 0.5) is 0 Å². The van der Waals surface area contributed by atoms with Gasteiger partial charge in [0.25, 0.3) is 10.1 Å². The van der Waals surface area contributed by atoms with Crippen molar-refractivity contribution in [1.29, 1.82) is 0 Å². The minimum absolute atomic E-state index is 0. The van der Waals surface area contributed by atoms with E-state index in [0.717, 1.165) is 6.08 Å². The Bertz CT molecular complexity index is 310. The van der Waals surface area contributed by atoms with Crippen LogP contribution in [0.3, 0.4) is 0 Å². The van der Waals surface area contributed by atoms with Crippen molar-refractivity contribution in [1.82, 2.24) is 5.32 Å².